The van der Waals surface area contributed by atoms with Crippen LogP contribution in [0.15, 0.2) is 162 Å². The van der Waals surface area contributed by atoms with Crippen molar-refractivity contribution >= 4 is 58.1 Å². The van der Waals surface area contributed by atoms with Crippen molar-refractivity contribution in [2.75, 3.05) is 0 Å². The van der Waals surface area contributed by atoms with E-state index < -0.39 is 0 Å². The Kier molecular flexibility index (Phi) is 118. The van der Waals surface area contributed by atoms with Crippen LogP contribution in [0.3, 0.4) is 0 Å². The highest BCUT2D eigenvalue weighted by atomic mass is 32.1. The maximum absolute atomic E-state index is 4.62. The minimum Gasteiger partial charge on any atom is -0.452 e. The van der Waals surface area contributed by atoms with Crippen molar-refractivity contribution in [3.8, 4) is 0 Å². The number of aromatic amines is 1. The van der Waals surface area contributed by atoms with E-state index in [4.69, 9.17) is 0 Å². The van der Waals surface area contributed by atoms with Crippen LogP contribution in [0.1, 0.15) is 258 Å². The van der Waals surface area contributed by atoms with Crippen molar-refractivity contribution in [3.05, 3.63) is 146 Å². The number of nitrogens with zero attached hydrogens (tertiary/aromatic N) is 24. The molecule has 12 aromatic heterocycles. The molecule has 0 unspecified atom stereocenters. The van der Waals surface area contributed by atoms with E-state index in [9.17, 15) is 0 Å². The summed E-state index contributed by atoms with van der Waals surface area (Å²) in [5, 5.41) is 60.7. The zero-order chi connectivity index (χ0) is 83.1. The highest BCUT2D eigenvalue weighted by molar-refractivity contribution is 7.05. The van der Waals surface area contributed by atoms with Gasteiger partial charge in [-0.1, -0.05) is 275 Å². The first-order valence-electron chi connectivity index (χ1n) is 34.7. The molecular formula is C70H137N25O6S5. The third-order valence-electron chi connectivity index (χ3n) is 4.65. The predicted molar refractivity (Wildman–Crippen MR) is 435 cm³/mol. The van der Waals surface area contributed by atoms with Gasteiger partial charge in [0.2, 0.25) is 0 Å². The first-order valence-corrected chi connectivity index (χ1v) is 38.6. The molecule has 106 heavy (non-hydrogen) atoms. The van der Waals surface area contributed by atoms with Crippen molar-refractivity contribution in [2.45, 2.75) is 247 Å². The van der Waals surface area contributed by atoms with Crippen LogP contribution in [0.25, 0.3) is 0 Å². The minimum atomic E-state index is 0.282. The predicted octanol–water partition coefficient (Wildman–Crippen LogP) is 21.8. The Balaban J connectivity index is -0.000000114. The number of hydrogen-bond donors (Lipinski definition) is 1. The average molecular weight is 1590 g/mol. The average Bonchev–Trinajstić information content (AvgIpc) is 1.87. The van der Waals surface area contributed by atoms with Gasteiger partial charge in [-0.2, -0.15) is 18.2 Å². The largest absolute Gasteiger partial charge is 0.452 e. The summed E-state index contributed by atoms with van der Waals surface area (Å²) in [6, 6.07) is 5.46. The Hall–Kier alpha value is -8.22. The molecule has 0 saturated carbocycles. The first kappa shape index (κ1) is 119. The Bertz CT molecular complexity index is 2100. The fourth-order valence-electron chi connectivity index (χ4n) is 2.22. The van der Waals surface area contributed by atoms with Gasteiger partial charge >= 0.3 is 0 Å². The van der Waals surface area contributed by atoms with E-state index in [0.29, 0.717) is 11.8 Å². The summed E-state index contributed by atoms with van der Waals surface area (Å²) in [6.45, 7) is 73.1. The zero-order valence-corrected chi connectivity index (χ0v) is 74.4. The number of hydrogen-bond acceptors (Lipinski definition) is 35. The molecule has 0 radical (unpaired) electrons. The molecule has 0 amide bonds. The van der Waals surface area contributed by atoms with E-state index in [2.05, 4.69) is 372 Å². The summed E-state index contributed by atoms with van der Waals surface area (Å²) in [7, 11) is 0. The Morgan fingerprint density at radius 1 is 0.349 bits per heavy atom. The third kappa shape index (κ3) is 212. The Labute approximate surface area is 657 Å². The lowest BCUT2D eigenvalue weighted by atomic mass is 10.2. The molecule has 12 aromatic rings. The molecule has 0 spiro atoms. The van der Waals surface area contributed by atoms with E-state index in [1.54, 1.807) is 55.6 Å². The van der Waals surface area contributed by atoms with Gasteiger partial charge in [0.05, 0.1) is 83.6 Å². The van der Waals surface area contributed by atoms with Crippen molar-refractivity contribution in [1.29, 1.82) is 0 Å². The van der Waals surface area contributed by atoms with Crippen molar-refractivity contribution in [3.63, 3.8) is 0 Å². The monoisotopic (exact) mass is 1580 g/mol. The van der Waals surface area contributed by atoms with Gasteiger partial charge in [-0.3, -0.25) is 5.10 Å². The molecule has 12 heterocycles. The second kappa shape index (κ2) is 105. The second-order valence-corrected chi connectivity index (χ2v) is 30.4. The molecule has 31 nitrogen and oxygen atoms in total. The summed E-state index contributed by atoms with van der Waals surface area (Å²) in [5.74, 6) is 9.67. The Morgan fingerprint density at radius 2 is 0.896 bits per heavy atom. The smallest absolute Gasteiger partial charge is 0.250 e. The van der Waals surface area contributed by atoms with Gasteiger partial charge in [-0.25, -0.2) is 18.6 Å². The minimum absolute atomic E-state index is 0.282. The summed E-state index contributed by atoms with van der Waals surface area (Å²) >= 11 is 6.49. The SMILES string of the molecule is CC(C)C.CC(C)C.CC(C)C.CC(C)C.CC(C)C.CC(C)C.CC(C)C.CC(C)C.CC(C)C.CC(C)C.CC(C)c1nnno1.CC(C)c1nnns1.c1cn[nH]c1.c1cnoc1.c1cnon1.c1cnsc1.c1cnsn1.c1cocn1.c1conn1.c1csnn1.c1nnon1.c1nnsn1. The van der Waals surface area contributed by atoms with Gasteiger partial charge < -0.3 is 18.0 Å². The standard InChI is InChI=1S/C4H7N3O.C4H7N3S.10C4H10.C3H4N2.2C3H3NO.C3H3NS.2C2H2N2O.2C2H2N2S.CHN3O.CHN3S/c2*1-3(2)4-5-6-7-8-4;10*1-4(2)3;1-2-4-5-3-1;1-2-5-3-4-1;2*1-2-4-5-3-1;1-2-5-4-3-1;1-2-4-5-3-1;1-2-5-4-3-1;3*1-2-4-5-3-1/h2*3H,1-2H3;10*4H,1-3H3;1-3H,(H,4,5);3*1-3H;4*1-2H;2*1H. The van der Waals surface area contributed by atoms with Crippen LogP contribution in [-0.4, -0.2) is 124 Å². The number of H-pyrrole nitrogens is 1. The molecule has 0 aromatic carbocycles. The zero-order valence-electron chi connectivity index (χ0n) is 70.4. The highest BCUT2D eigenvalue weighted by Gasteiger charge is 2.03. The van der Waals surface area contributed by atoms with E-state index in [1.165, 1.54) is 103 Å². The summed E-state index contributed by atoms with van der Waals surface area (Å²) < 4.78 is 50.9. The fraction of sp³-hybridized carbons (Fsp3) is 0.657. The van der Waals surface area contributed by atoms with Crippen LogP contribution in [-0.2, 0) is 0 Å². The molecule has 0 bridgehead atoms. The quantitative estimate of drug-likeness (QED) is 0.168. The molecule has 0 saturated heterocycles. The first-order chi connectivity index (χ1) is 49.9. The number of aromatic nitrogens is 25. The highest BCUT2D eigenvalue weighted by Crippen LogP contribution is 2.11. The molecule has 0 aliphatic heterocycles. The van der Waals surface area contributed by atoms with Gasteiger partial charge in [0, 0.05) is 58.0 Å². The van der Waals surface area contributed by atoms with E-state index in [0.717, 1.165) is 75.9 Å². The van der Waals surface area contributed by atoms with Crippen molar-refractivity contribution in [2.24, 2.45) is 59.2 Å². The molecule has 0 atom stereocenters. The second-order valence-electron chi connectivity index (χ2n) is 27.2. The lowest BCUT2D eigenvalue weighted by Crippen LogP contribution is -1.85. The number of rotatable bonds is 2. The molecular weight excluding hydrogens is 1450 g/mol. The Morgan fingerprint density at radius 3 is 1.03 bits per heavy atom. The van der Waals surface area contributed by atoms with Crippen LogP contribution < -0.4 is 0 Å². The topological polar surface area (TPSA) is 404 Å². The molecule has 608 valence electrons. The van der Waals surface area contributed by atoms with E-state index in [1.807, 2.05) is 36.7 Å². The van der Waals surface area contributed by atoms with Gasteiger partial charge in [0.15, 0.2) is 19.0 Å². The molecule has 0 aliphatic carbocycles. The van der Waals surface area contributed by atoms with Gasteiger partial charge in [0.25, 0.3) is 5.89 Å². The van der Waals surface area contributed by atoms with Crippen LogP contribution >= 0.6 is 58.1 Å². The maximum atomic E-state index is 4.62. The van der Waals surface area contributed by atoms with Crippen LogP contribution in [0.4, 0.5) is 0 Å². The summed E-state index contributed by atoms with van der Waals surface area (Å²) in [6.07, 6.45) is 26.2. The lowest BCUT2D eigenvalue weighted by molar-refractivity contribution is 0.292. The van der Waals surface area contributed by atoms with Crippen LogP contribution in [0, 0.1) is 59.2 Å². The fourth-order valence-corrected chi connectivity index (χ4v) is 3.77. The van der Waals surface area contributed by atoms with Gasteiger partial charge in [-0.15, -0.1) is 20.4 Å². The molecule has 0 aliphatic rings. The lowest BCUT2D eigenvalue weighted by Gasteiger charge is -1.90. The molecule has 0 fully saturated rings. The van der Waals surface area contributed by atoms with E-state index in [-0.39, 0.29) is 5.92 Å². The van der Waals surface area contributed by atoms with E-state index >= 15 is 0 Å². The normalized spacial score (nSPS) is 8.74. The van der Waals surface area contributed by atoms with Crippen LogP contribution in [0.2, 0.25) is 0 Å². The molecule has 12 rings (SSSR count). The maximum Gasteiger partial charge on any atom is 0.250 e. The van der Waals surface area contributed by atoms with Crippen molar-refractivity contribution in [1.82, 2.24) is 124 Å². The number of oxazole rings is 1. The van der Waals surface area contributed by atoms with Crippen molar-refractivity contribution < 1.29 is 27.2 Å². The van der Waals surface area contributed by atoms with Crippen LogP contribution in [0.5, 0.6) is 0 Å². The number of nitrogens with one attached hydrogen (secondary N) is 1. The third-order valence-corrected chi connectivity index (χ3v) is 7.29. The summed E-state index contributed by atoms with van der Waals surface area (Å²) in [4.78, 5) is 3.56. The molecule has 1 N–H and O–H groups in total. The summed E-state index contributed by atoms with van der Waals surface area (Å²) in [5.41, 5.74) is 0. The van der Waals surface area contributed by atoms with Gasteiger partial charge in [0.1, 0.15) is 23.8 Å². The molecule has 36 heteroatoms. The van der Waals surface area contributed by atoms with Gasteiger partial charge in [-0.05, 0) is 116 Å².